The number of rotatable bonds is 6. The number of allylic oxidation sites excluding steroid dienone is 1. The Hall–Kier alpha value is -0.680. The second kappa shape index (κ2) is 7.36. The SMILES string of the molecule is C=C(CC/C=C/OC)C1N=C(C2=NC(C)CS2)SC1C. The lowest BCUT2D eigenvalue weighted by Crippen LogP contribution is -2.15. The Balaban J connectivity index is 1.94. The van der Waals surface area contributed by atoms with Crippen LogP contribution >= 0.6 is 23.5 Å². The zero-order valence-electron chi connectivity index (χ0n) is 12.3. The number of aliphatic imine (C=N–C) groups is 2. The Morgan fingerprint density at radius 3 is 2.85 bits per heavy atom. The van der Waals surface area contributed by atoms with E-state index in [-0.39, 0.29) is 6.04 Å². The van der Waals surface area contributed by atoms with Gasteiger partial charge >= 0.3 is 0 Å². The predicted octanol–water partition coefficient (Wildman–Crippen LogP) is 3.92. The lowest BCUT2D eigenvalue weighted by molar-refractivity contribution is 0.336. The second-order valence-electron chi connectivity index (χ2n) is 5.10. The molecule has 0 aromatic carbocycles. The molecule has 2 rings (SSSR count). The number of hydrogen-bond acceptors (Lipinski definition) is 5. The van der Waals surface area contributed by atoms with Crippen LogP contribution in [0.3, 0.4) is 0 Å². The standard InChI is InChI=1S/C15H22N2OS2/c1-10(7-5-6-8-18-4)13-12(3)20-15(17-13)14-16-11(2)9-19-14/h6,8,11-13H,1,5,7,9H2,2-4H3/b8-6+. The minimum Gasteiger partial charge on any atom is -0.505 e. The van der Waals surface area contributed by atoms with Gasteiger partial charge in [-0.2, -0.15) is 0 Å². The van der Waals surface area contributed by atoms with Crippen LogP contribution in [-0.4, -0.2) is 40.3 Å². The average molecular weight is 310 g/mol. The maximum absolute atomic E-state index is 4.90. The maximum atomic E-state index is 4.90. The first-order valence-electron chi connectivity index (χ1n) is 6.92. The molecule has 0 saturated heterocycles. The van der Waals surface area contributed by atoms with E-state index in [1.54, 1.807) is 13.4 Å². The molecular formula is C15H22N2OS2. The third kappa shape index (κ3) is 3.92. The van der Waals surface area contributed by atoms with Gasteiger partial charge in [0, 0.05) is 11.0 Å². The van der Waals surface area contributed by atoms with Crippen molar-refractivity contribution in [1.82, 2.24) is 0 Å². The quantitative estimate of drug-likeness (QED) is 0.551. The highest BCUT2D eigenvalue weighted by Crippen LogP contribution is 2.35. The van der Waals surface area contributed by atoms with Crippen LogP contribution in [0.1, 0.15) is 26.7 Å². The van der Waals surface area contributed by atoms with Gasteiger partial charge in [-0.1, -0.05) is 30.8 Å². The van der Waals surface area contributed by atoms with Gasteiger partial charge in [-0.05, 0) is 25.8 Å². The van der Waals surface area contributed by atoms with Crippen LogP contribution < -0.4 is 0 Å². The van der Waals surface area contributed by atoms with Crippen molar-refractivity contribution in [2.45, 2.75) is 44.0 Å². The summed E-state index contributed by atoms with van der Waals surface area (Å²) in [7, 11) is 1.67. The summed E-state index contributed by atoms with van der Waals surface area (Å²) in [6.07, 6.45) is 5.67. The topological polar surface area (TPSA) is 34.0 Å². The molecule has 0 spiro atoms. The molecule has 0 aliphatic carbocycles. The number of nitrogens with zero attached hydrogens (tertiary/aromatic N) is 2. The van der Waals surface area contributed by atoms with Crippen LogP contribution in [0.4, 0.5) is 0 Å². The molecule has 3 nitrogen and oxygen atoms in total. The normalized spacial score (nSPS) is 29.6. The molecule has 0 saturated carbocycles. The average Bonchev–Trinajstić information content (AvgIpc) is 3.00. The van der Waals surface area contributed by atoms with Crippen molar-refractivity contribution in [2.75, 3.05) is 12.9 Å². The molecule has 110 valence electrons. The van der Waals surface area contributed by atoms with E-state index in [0.717, 1.165) is 28.7 Å². The van der Waals surface area contributed by atoms with E-state index in [9.17, 15) is 0 Å². The Morgan fingerprint density at radius 2 is 2.20 bits per heavy atom. The van der Waals surface area contributed by atoms with Crippen LogP contribution in [0.5, 0.6) is 0 Å². The van der Waals surface area contributed by atoms with E-state index >= 15 is 0 Å². The molecule has 0 aromatic heterocycles. The monoisotopic (exact) mass is 310 g/mol. The maximum Gasteiger partial charge on any atom is 0.123 e. The van der Waals surface area contributed by atoms with Gasteiger partial charge in [0.15, 0.2) is 0 Å². The molecule has 0 fully saturated rings. The van der Waals surface area contributed by atoms with Gasteiger partial charge in [-0.3, -0.25) is 9.98 Å². The van der Waals surface area contributed by atoms with Gasteiger partial charge in [0.2, 0.25) is 0 Å². The highest BCUT2D eigenvalue weighted by Gasteiger charge is 2.32. The molecule has 0 radical (unpaired) electrons. The first kappa shape index (κ1) is 15.7. The minimum absolute atomic E-state index is 0.227. The molecule has 0 bridgehead atoms. The largest absolute Gasteiger partial charge is 0.505 e. The van der Waals surface area contributed by atoms with Gasteiger partial charge in [-0.15, -0.1) is 11.8 Å². The minimum atomic E-state index is 0.227. The predicted molar refractivity (Wildman–Crippen MR) is 92.2 cm³/mol. The summed E-state index contributed by atoms with van der Waals surface area (Å²) in [6, 6.07) is 0.653. The van der Waals surface area contributed by atoms with Crippen molar-refractivity contribution in [3.63, 3.8) is 0 Å². The highest BCUT2D eigenvalue weighted by atomic mass is 32.2. The lowest BCUT2D eigenvalue weighted by atomic mass is 10.0. The summed E-state index contributed by atoms with van der Waals surface area (Å²) in [5, 5.41) is 2.71. The molecule has 3 unspecified atom stereocenters. The summed E-state index contributed by atoms with van der Waals surface area (Å²) in [5.74, 6) is 1.08. The van der Waals surface area contributed by atoms with Crippen LogP contribution in [-0.2, 0) is 4.74 Å². The zero-order chi connectivity index (χ0) is 14.5. The van der Waals surface area contributed by atoms with Crippen molar-refractivity contribution in [1.29, 1.82) is 0 Å². The molecule has 2 aliphatic heterocycles. The van der Waals surface area contributed by atoms with Crippen LogP contribution in [0.2, 0.25) is 0 Å². The lowest BCUT2D eigenvalue weighted by Gasteiger charge is -2.14. The Morgan fingerprint density at radius 1 is 1.40 bits per heavy atom. The van der Waals surface area contributed by atoms with Crippen LogP contribution in [0.25, 0.3) is 0 Å². The van der Waals surface area contributed by atoms with E-state index in [0.29, 0.717) is 11.3 Å². The summed E-state index contributed by atoms with van der Waals surface area (Å²) in [6.45, 7) is 8.60. The smallest absolute Gasteiger partial charge is 0.123 e. The number of ether oxygens (including phenoxy) is 1. The zero-order valence-corrected chi connectivity index (χ0v) is 14.0. The van der Waals surface area contributed by atoms with Gasteiger partial charge in [-0.25, -0.2) is 0 Å². The number of methoxy groups -OCH3 is 1. The molecular weight excluding hydrogens is 288 g/mol. The van der Waals surface area contributed by atoms with E-state index in [4.69, 9.17) is 9.73 Å². The molecule has 0 amide bonds. The first-order chi connectivity index (χ1) is 9.61. The summed E-state index contributed by atoms with van der Waals surface area (Å²) >= 11 is 3.67. The summed E-state index contributed by atoms with van der Waals surface area (Å²) in [4.78, 5) is 9.51. The molecule has 3 atom stereocenters. The fourth-order valence-corrected chi connectivity index (χ4v) is 4.49. The molecule has 20 heavy (non-hydrogen) atoms. The third-order valence-electron chi connectivity index (χ3n) is 3.26. The summed E-state index contributed by atoms with van der Waals surface area (Å²) < 4.78 is 4.90. The summed E-state index contributed by atoms with van der Waals surface area (Å²) in [5.41, 5.74) is 1.21. The van der Waals surface area contributed by atoms with Crippen molar-refractivity contribution < 1.29 is 4.74 Å². The fourth-order valence-electron chi connectivity index (χ4n) is 2.20. The number of thioether (sulfide) groups is 2. The van der Waals surface area contributed by atoms with Crippen molar-refractivity contribution in [2.24, 2.45) is 9.98 Å². The highest BCUT2D eigenvalue weighted by molar-refractivity contribution is 8.25. The molecule has 0 aromatic rings. The fraction of sp³-hybridized carbons (Fsp3) is 0.600. The van der Waals surface area contributed by atoms with Crippen molar-refractivity contribution in [3.8, 4) is 0 Å². The van der Waals surface area contributed by atoms with Gasteiger partial charge in [0.1, 0.15) is 10.1 Å². The Kier molecular flexibility index (Phi) is 5.78. The van der Waals surface area contributed by atoms with Gasteiger partial charge in [0.25, 0.3) is 0 Å². The third-order valence-corrected chi connectivity index (χ3v) is 5.77. The first-order valence-corrected chi connectivity index (χ1v) is 8.79. The second-order valence-corrected chi connectivity index (χ2v) is 7.48. The van der Waals surface area contributed by atoms with Crippen molar-refractivity contribution >= 4 is 33.6 Å². The van der Waals surface area contributed by atoms with E-state index in [1.165, 1.54) is 5.57 Å². The van der Waals surface area contributed by atoms with Gasteiger partial charge in [0.05, 0.1) is 25.5 Å². The van der Waals surface area contributed by atoms with E-state index in [2.05, 4.69) is 25.4 Å². The molecule has 2 heterocycles. The van der Waals surface area contributed by atoms with Crippen LogP contribution in [0.15, 0.2) is 34.5 Å². The Bertz CT molecular complexity index is 457. The molecule has 5 heteroatoms. The molecule has 0 N–H and O–H groups in total. The molecule has 2 aliphatic rings. The van der Waals surface area contributed by atoms with Gasteiger partial charge < -0.3 is 4.74 Å². The van der Waals surface area contributed by atoms with Crippen molar-refractivity contribution in [3.05, 3.63) is 24.5 Å². The van der Waals surface area contributed by atoms with E-state index < -0.39 is 0 Å². The van der Waals surface area contributed by atoms with E-state index in [1.807, 2.05) is 29.6 Å². The number of hydrogen-bond donors (Lipinski definition) is 0. The van der Waals surface area contributed by atoms with Crippen LogP contribution in [0, 0.1) is 0 Å². The Labute approximate surface area is 130 Å².